The van der Waals surface area contributed by atoms with Gasteiger partial charge in [0.25, 0.3) is 0 Å². The summed E-state index contributed by atoms with van der Waals surface area (Å²) in [5.41, 5.74) is 2.11. The maximum Gasteiger partial charge on any atom is 0.234 e. The number of benzene rings is 2. The highest BCUT2D eigenvalue weighted by atomic mass is 32.2. The number of thioether (sulfide) groups is 1. The van der Waals surface area contributed by atoms with E-state index in [1.165, 1.54) is 10.5 Å². The second-order valence-corrected chi connectivity index (χ2v) is 7.08. The van der Waals surface area contributed by atoms with Gasteiger partial charge in [-0.15, -0.1) is 11.8 Å². The van der Waals surface area contributed by atoms with Gasteiger partial charge in [0.1, 0.15) is 11.3 Å². The van der Waals surface area contributed by atoms with Crippen molar-refractivity contribution in [3.63, 3.8) is 0 Å². The third-order valence-electron chi connectivity index (χ3n) is 4.17. The van der Waals surface area contributed by atoms with Crippen molar-refractivity contribution >= 4 is 28.6 Å². The van der Waals surface area contributed by atoms with E-state index in [1.54, 1.807) is 11.8 Å². The van der Waals surface area contributed by atoms with Gasteiger partial charge in [-0.1, -0.05) is 36.4 Å². The Hall–Kier alpha value is -2.20. The third kappa shape index (κ3) is 2.75. The number of carbonyl (C=O) groups excluding carboxylic acids is 1. The summed E-state index contributed by atoms with van der Waals surface area (Å²) < 4.78 is 5.83. The average Bonchev–Trinajstić information content (AvgIpc) is 3.18. The fraction of sp³-hybridized carbons (Fsp3) is 0.211. The van der Waals surface area contributed by atoms with Gasteiger partial charge < -0.3 is 9.73 Å². The molecular weight excluding hydrogens is 306 g/mol. The molecule has 1 aliphatic heterocycles. The van der Waals surface area contributed by atoms with Gasteiger partial charge in [0, 0.05) is 10.3 Å². The first kappa shape index (κ1) is 14.4. The first-order valence-corrected chi connectivity index (χ1v) is 8.62. The molecule has 4 heteroatoms. The van der Waals surface area contributed by atoms with Crippen molar-refractivity contribution < 1.29 is 9.21 Å². The smallest absolute Gasteiger partial charge is 0.234 e. The summed E-state index contributed by atoms with van der Waals surface area (Å²) in [4.78, 5) is 13.8. The summed E-state index contributed by atoms with van der Waals surface area (Å²) in [6.45, 7) is 1.96. The fourth-order valence-electron chi connectivity index (χ4n) is 2.92. The van der Waals surface area contributed by atoms with Crippen molar-refractivity contribution in [3.8, 4) is 0 Å². The molecule has 23 heavy (non-hydrogen) atoms. The summed E-state index contributed by atoms with van der Waals surface area (Å²) in [5, 5.41) is 4.09. The molecule has 0 fully saturated rings. The van der Waals surface area contributed by atoms with E-state index in [9.17, 15) is 4.79 Å². The molecule has 0 spiro atoms. The molecule has 116 valence electrons. The molecule has 2 aromatic carbocycles. The van der Waals surface area contributed by atoms with Crippen LogP contribution in [0, 0.1) is 0 Å². The van der Waals surface area contributed by atoms with Crippen molar-refractivity contribution in [1.29, 1.82) is 0 Å². The number of furan rings is 1. The van der Waals surface area contributed by atoms with Crippen LogP contribution in [0.2, 0.25) is 0 Å². The molecule has 0 bridgehead atoms. The largest absolute Gasteiger partial charge is 0.459 e. The standard InChI is InChI=1S/C19H17NO2S/c1-12(16-10-13-6-2-4-8-15(13)22-16)20-19(21)18-11-14-7-3-5-9-17(14)23-18/h2-10,12,18H,11H2,1H3,(H,20,21). The molecule has 2 heterocycles. The van der Waals surface area contributed by atoms with Crippen LogP contribution < -0.4 is 5.32 Å². The molecule has 1 N–H and O–H groups in total. The number of amides is 1. The number of fused-ring (bicyclic) bond motifs is 2. The summed E-state index contributed by atoms with van der Waals surface area (Å²) in [7, 11) is 0. The molecule has 0 aliphatic carbocycles. The maximum atomic E-state index is 12.5. The molecule has 4 rings (SSSR count). The van der Waals surface area contributed by atoms with Crippen LogP contribution in [0.1, 0.15) is 24.3 Å². The van der Waals surface area contributed by atoms with E-state index in [4.69, 9.17) is 4.42 Å². The van der Waals surface area contributed by atoms with Crippen LogP contribution in [0.3, 0.4) is 0 Å². The van der Waals surface area contributed by atoms with Crippen LogP contribution in [0.15, 0.2) is 63.9 Å². The lowest BCUT2D eigenvalue weighted by molar-refractivity contribution is -0.121. The van der Waals surface area contributed by atoms with Gasteiger partial charge in [-0.2, -0.15) is 0 Å². The van der Waals surface area contributed by atoms with Gasteiger partial charge in [0.15, 0.2) is 0 Å². The fourth-order valence-corrected chi connectivity index (χ4v) is 4.13. The topological polar surface area (TPSA) is 42.2 Å². The number of hydrogen-bond donors (Lipinski definition) is 1. The maximum absolute atomic E-state index is 12.5. The van der Waals surface area contributed by atoms with Gasteiger partial charge in [-0.05, 0) is 37.1 Å². The Balaban J connectivity index is 1.46. The first-order chi connectivity index (χ1) is 11.2. The van der Waals surface area contributed by atoms with Gasteiger partial charge in [-0.3, -0.25) is 4.79 Å². The monoisotopic (exact) mass is 323 g/mol. The highest BCUT2D eigenvalue weighted by Crippen LogP contribution is 2.37. The molecular formula is C19H17NO2S. The van der Waals surface area contributed by atoms with Crippen molar-refractivity contribution in [2.45, 2.75) is 29.5 Å². The Morgan fingerprint density at radius 1 is 1.22 bits per heavy atom. The van der Waals surface area contributed by atoms with Crippen molar-refractivity contribution in [3.05, 3.63) is 65.9 Å². The predicted octanol–water partition coefficient (Wildman–Crippen LogP) is 4.33. The second-order valence-electron chi connectivity index (χ2n) is 5.84. The SMILES string of the molecule is CC(NC(=O)C1Cc2ccccc2S1)c1cc2ccccc2o1. The molecule has 0 radical (unpaired) electrons. The highest BCUT2D eigenvalue weighted by Gasteiger charge is 2.29. The van der Waals surface area contributed by atoms with Crippen molar-refractivity contribution in [1.82, 2.24) is 5.32 Å². The van der Waals surface area contributed by atoms with Crippen LogP contribution in [0.4, 0.5) is 0 Å². The number of hydrogen-bond acceptors (Lipinski definition) is 3. The lowest BCUT2D eigenvalue weighted by atomic mass is 10.1. The Morgan fingerprint density at radius 2 is 2.00 bits per heavy atom. The Labute approximate surface area is 139 Å². The van der Waals surface area contributed by atoms with E-state index >= 15 is 0 Å². The van der Waals surface area contributed by atoms with Gasteiger partial charge in [0.05, 0.1) is 11.3 Å². The van der Waals surface area contributed by atoms with Crippen molar-refractivity contribution in [2.24, 2.45) is 0 Å². The summed E-state index contributed by atoms with van der Waals surface area (Å²) in [5.74, 6) is 0.860. The Bertz CT molecular complexity index is 812. The predicted molar refractivity (Wildman–Crippen MR) is 92.6 cm³/mol. The summed E-state index contributed by atoms with van der Waals surface area (Å²) >= 11 is 1.64. The zero-order chi connectivity index (χ0) is 15.8. The summed E-state index contributed by atoms with van der Waals surface area (Å²) in [6.07, 6.45) is 0.791. The molecule has 2 unspecified atom stereocenters. The number of nitrogens with one attached hydrogen (secondary N) is 1. The molecule has 2 atom stereocenters. The number of carbonyl (C=O) groups is 1. The number of rotatable bonds is 3. The van der Waals surface area contributed by atoms with E-state index in [1.807, 2.05) is 49.4 Å². The van der Waals surface area contributed by atoms with Gasteiger partial charge in [0.2, 0.25) is 5.91 Å². The van der Waals surface area contributed by atoms with Crippen LogP contribution in [0.25, 0.3) is 11.0 Å². The van der Waals surface area contributed by atoms with E-state index in [0.717, 1.165) is 23.2 Å². The molecule has 1 aromatic heterocycles. The van der Waals surface area contributed by atoms with Crippen LogP contribution in [0.5, 0.6) is 0 Å². The minimum Gasteiger partial charge on any atom is -0.459 e. The van der Waals surface area contributed by atoms with Crippen LogP contribution in [-0.2, 0) is 11.2 Å². The molecule has 3 nitrogen and oxygen atoms in total. The molecule has 0 saturated carbocycles. The minimum absolute atomic E-state index is 0.0563. The lowest BCUT2D eigenvalue weighted by Crippen LogP contribution is -2.34. The van der Waals surface area contributed by atoms with Crippen LogP contribution >= 0.6 is 11.8 Å². The average molecular weight is 323 g/mol. The normalized spacial score (nSPS) is 17.9. The van der Waals surface area contributed by atoms with E-state index < -0.39 is 0 Å². The van der Waals surface area contributed by atoms with E-state index in [-0.39, 0.29) is 17.2 Å². The van der Waals surface area contributed by atoms with Gasteiger partial charge in [-0.25, -0.2) is 0 Å². The molecule has 0 saturated heterocycles. The third-order valence-corrected chi connectivity index (χ3v) is 5.49. The zero-order valence-corrected chi connectivity index (χ0v) is 13.6. The summed E-state index contributed by atoms with van der Waals surface area (Å²) in [6, 6.07) is 18.0. The Kier molecular flexibility index (Phi) is 3.62. The second kappa shape index (κ2) is 5.78. The quantitative estimate of drug-likeness (QED) is 0.780. The first-order valence-electron chi connectivity index (χ1n) is 7.74. The lowest BCUT2D eigenvalue weighted by Gasteiger charge is -2.14. The van der Waals surface area contributed by atoms with Crippen molar-refractivity contribution in [2.75, 3.05) is 0 Å². The van der Waals surface area contributed by atoms with E-state index in [0.29, 0.717) is 0 Å². The molecule has 1 aliphatic rings. The highest BCUT2D eigenvalue weighted by molar-refractivity contribution is 8.01. The van der Waals surface area contributed by atoms with Gasteiger partial charge >= 0.3 is 0 Å². The molecule has 1 amide bonds. The van der Waals surface area contributed by atoms with E-state index in [2.05, 4.69) is 17.4 Å². The minimum atomic E-state index is -0.140. The number of para-hydroxylation sites is 1. The molecule has 3 aromatic rings. The Morgan fingerprint density at radius 3 is 2.83 bits per heavy atom. The zero-order valence-electron chi connectivity index (χ0n) is 12.8. The van der Waals surface area contributed by atoms with Crippen LogP contribution in [-0.4, -0.2) is 11.2 Å².